The molecule has 1 spiro atoms. The molecular weight excluding hydrogens is 352 g/mol. The van der Waals surface area contributed by atoms with E-state index in [2.05, 4.69) is 26.2 Å². The van der Waals surface area contributed by atoms with E-state index >= 15 is 0 Å². The van der Waals surface area contributed by atoms with Gasteiger partial charge in [0.2, 0.25) is 5.91 Å². The van der Waals surface area contributed by atoms with Crippen molar-refractivity contribution in [2.24, 2.45) is 0 Å². The summed E-state index contributed by atoms with van der Waals surface area (Å²) in [7, 11) is 0. The fourth-order valence-electron chi connectivity index (χ4n) is 2.92. The van der Waals surface area contributed by atoms with Gasteiger partial charge in [0.1, 0.15) is 5.82 Å². The van der Waals surface area contributed by atoms with Crippen molar-refractivity contribution < 1.29 is 14.7 Å². The number of nitrogens with one attached hydrogen (secondary N) is 1. The number of hydrogen-bond donors (Lipinski definition) is 2. The minimum Gasteiger partial charge on any atom is -0.465 e. The molecule has 0 bridgehead atoms. The van der Waals surface area contributed by atoms with Gasteiger partial charge in [-0.1, -0.05) is 15.9 Å². The van der Waals surface area contributed by atoms with E-state index in [9.17, 15) is 14.7 Å². The molecule has 7 nitrogen and oxygen atoms in total. The molecule has 2 heterocycles. The molecule has 0 unspecified atom stereocenters. The molecule has 1 aromatic heterocycles. The van der Waals surface area contributed by atoms with Crippen molar-refractivity contribution in [3.8, 4) is 0 Å². The largest absolute Gasteiger partial charge is 0.465 e. The molecule has 1 aromatic rings. The van der Waals surface area contributed by atoms with Crippen LogP contribution in [0.2, 0.25) is 0 Å². The van der Waals surface area contributed by atoms with Crippen LogP contribution in [0.5, 0.6) is 0 Å². The highest BCUT2D eigenvalue weighted by atomic mass is 79.9. The van der Waals surface area contributed by atoms with Crippen molar-refractivity contribution in [3.63, 3.8) is 0 Å². The Bertz CT molecular complexity index is 606. The summed E-state index contributed by atoms with van der Waals surface area (Å²) in [4.78, 5) is 30.9. The highest BCUT2D eigenvalue weighted by Gasteiger charge is 2.53. The lowest BCUT2D eigenvalue weighted by Crippen LogP contribution is -2.57. The number of pyridine rings is 1. The number of piperazine rings is 1. The number of amides is 2. The fourth-order valence-corrected chi connectivity index (χ4v) is 3.26. The zero-order valence-corrected chi connectivity index (χ0v) is 13.5. The topological polar surface area (TPSA) is 85.8 Å². The molecule has 2 aliphatic rings. The van der Waals surface area contributed by atoms with Crippen LogP contribution in [0.4, 0.5) is 10.6 Å². The highest BCUT2D eigenvalue weighted by molar-refractivity contribution is 9.10. The smallest absolute Gasteiger partial charge is 0.407 e. The third-order valence-electron chi connectivity index (χ3n) is 4.15. The number of rotatable bonds is 3. The van der Waals surface area contributed by atoms with Gasteiger partial charge in [-0.05, 0) is 25.0 Å². The van der Waals surface area contributed by atoms with E-state index in [1.54, 1.807) is 18.3 Å². The van der Waals surface area contributed by atoms with Crippen molar-refractivity contribution in [1.29, 1.82) is 0 Å². The summed E-state index contributed by atoms with van der Waals surface area (Å²) in [6.07, 6.45) is 2.51. The number of carboxylic acid groups (broad SMARTS) is 1. The van der Waals surface area contributed by atoms with Gasteiger partial charge in [0, 0.05) is 30.3 Å². The molecule has 0 atom stereocenters. The van der Waals surface area contributed by atoms with Crippen molar-refractivity contribution >= 4 is 33.7 Å². The van der Waals surface area contributed by atoms with Crippen molar-refractivity contribution in [2.45, 2.75) is 18.4 Å². The first-order valence-electron chi connectivity index (χ1n) is 7.13. The van der Waals surface area contributed by atoms with E-state index in [1.165, 1.54) is 4.90 Å². The maximum atomic E-state index is 12.1. The van der Waals surface area contributed by atoms with Crippen molar-refractivity contribution in [2.75, 3.05) is 31.5 Å². The highest BCUT2D eigenvalue weighted by Crippen LogP contribution is 2.44. The van der Waals surface area contributed by atoms with Gasteiger partial charge in [-0.2, -0.15) is 0 Å². The molecule has 2 N–H and O–H groups in total. The summed E-state index contributed by atoms with van der Waals surface area (Å²) in [5.74, 6) is 0.370. The van der Waals surface area contributed by atoms with E-state index in [1.807, 2.05) is 4.90 Å². The molecule has 2 fully saturated rings. The summed E-state index contributed by atoms with van der Waals surface area (Å²) in [5.41, 5.74) is -0.265. The van der Waals surface area contributed by atoms with E-state index < -0.39 is 6.09 Å². The van der Waals surface area contributed by atoms with Crippen LogP contribution < -0.4 is 5.32 Å². The predicted molar refractivity (Wildman–Crippen MR) is 83.7 cm³/mol. The van der Waals surface area contributed by atoms with Crippen LogP contribution in [-0.2, 0) is 4.79 Å². The second-order valence-corrected chi connectivity index (χ2v) is 6.69. The summed E-state index contributed by atoms with van der Waals surface area (Å²) < 4.78 is 0.852. The molecule has 3 rings (SSSR count). The fraction of sp³-hybridized carbons (Fsp3) is 0.500. The lowest BCUT2D eigenvalue weighted by Gasteiger charge is -2.40. The zero-order chi connectivity index (χ0) is 15.7. The lowest BCUT2D eigenvalue weighted by atomic mass is 10.1. The van der Waals surface area contributed by atoms with Gasteiger partial charge in [0.25, 0.3) is 0 Å². The van der Waals surface area contributed by atoms with Crippen LogP contribution in [0.15, 0.2) is 22.8 Å². The number of halogens is 1. The molecule has 0 radical (unpaired) electrons. The molecule has 1 saturated heterocycles. The molecule has 1 saturated carbocycles. The zero-order valence-electron chi connectivity index (χ0n) is 12.0. The van der Waals surface area contributed by atoms with Gasteiger partial charge in [0.05, 0.1) is 12.1 Å². The lowest BCUT2D eigenvalue weighted by molar-refractivity contribution is -0.118. The molecule has 118 valence electrons. The van der Waals surface area contributed by atoms with Crippen molar-refractivity contribution in [1.82, 2.24) is 14.8 Å². The number of aromatic nitrogens is 1. The van der Waals surface area contributed by atoms with Gasteiger partial charge >= 0.3 is 6.09 Å². The van der Waals surface area contributed by atoms with Crippen LogP contribution in [0.3, 0.4) is 0 Å². The normalized spacial score (nSPS) is 20.0. The first-order chi connectivity index (χ1) is 10.5. The Hall–Kier alpha value is -1.67. The number of carbonyl (C=O) groups is 2. The van der Waals surface area contributed by atoms with Crippen LogP contribution in [-0.4, -0.2) is 63.6 Å². The second kappa shape index (κ2) is 5.85. The summed E-state index contributed by atoms with van der Waals surface area (Å²) >= 11 is 3.33. The standard InChI is InChI=1S/C14H17BrN4O3/c15-10-1-4-16-11(7-10)17-12(20)8-18-5-6-19(13(21)22)14(9-18)2-3-14/h1,4,7H,2-3,5-6,8-9H2,(H,21,22)(H,16,17,20). The maximum absolute atomic E-state index is 12.1. The maximum Gasteiger partial charge on any atom is 0.407 e. The van der Waals surface area contributed by atoms with Crippen LogP contribution in [0.1, 0.15) is 12.8 Å². The van der Waals surface area contributed by atoms with Crippen LogP contribution in [0.25, 0.3) is 0 Å². The molecule has 0 aromatic carbocycles. The Morgan fingerprint density at radius 3 is 2.82 bits per heavy atom. The van der Waals surface area contributed by atoms with Gasteiger partial charge < -0.3 is 15.3 Å². The molecule has 1 aliphatic carbocycles. The van der Waals surface area contributed by atoms with Gasteiger partial charge in [-0.3, -0.25) is 9.69 Å². The minimum atomic E-state index is -0.861. The Kier molecular flexibility index (Phi) is 4.05. The van der Waals surface area contributed by atoms with Crippen molar-refractivity contribution in [3.05, 3.63) is 22.8 Å². The number of hydrogen-bond acceptors (Lipinski definition) is 4. The van der Waals surface area contributed by atoms with E-state index in [0.29, 0.717) is 25.5 Å². The van der Waals surface area contributed by atoms with Gasteiger partial charge in [-0.25, -0.2) is 9.78 Å². The quantitative estimate of drug-likeness (QED) is 0.846. The number of carbonyl (C=O) groups excluding carboxylic acids is 1. The van der Waals surface area contributed by atoms with E-state index in [4.69, 9.17) is 0 Å². The third kappa shape index (κ3) is 3.22. The Labute approximate surface area is 136 Å². The molecule has 22 heavy (non-hydrogen) atoms. The minimum absolute atomic E-state index is 0.134. The van der Waals surface area contributed by atoms with E-state index in [-0.39, 0.29) is 18.0 Å². The first-order valence-corrected chi connectivity index (χ1v) is 7.92. The number of nitrogens with zero attached hydrogens (tertiary/aromatic N) is 3. The second-order valence-electron chi connectivity index (χ2n) is 5.78. The molecule has 2 amide bonds. The molecular formula is C14H17BrN4O3. The Balaban J connectivity index is 1.56. The Morgan fingerprint density at radius 2 is 2.18 bits per heavy atom. The van der Waals surface area contributed by atoms with Crippen LogP contribution >= 0.6 is 15.9 Å². The van der Waals surface area contributed by atoms with Gasteiger partial charge in [0.15, 0.2) is 0 Å². The predicted octanol–water partition coefficient (Wildman–Crippen LogP) is 1.61. The molecule has 1 aliphatic heterocycles. The summed E-state index contributed by atoms with van der Waals surface area (Å²) in [6.45, 7) is 1.91. The van der Waals surface area contributed by atoms with E-state index in [0.717, 1.165) is 17.3 Å². The summed E-state index contributed by atoms with van der Waals surface area (Å²) in [5, 5.41) is 12.0. The van der Waals surface area contributed by atoms with Gasteiger partial charge in [-0.15, -0.1) is 0 Å². The average Bonchev–Trinajstić information content (AvgIpc) is 3.17. The SMILES string of the molecule is O=C(CN1CCN(C(=O)O)C2(CC2)C1)Nc1cc(Br)ccn1. The number of anilines is 1. The molecule has 8 heteroatoms. The average molecular weight is 369 g/mol. The third-order valence-corrected chi connectivity index (χ3v) is 4.64. The first kappa shape index (κ1) is 15.2. The van der Waals surface area contributed by atoms with Crippen LogP contribution in [0, 0.1) is 0 Å². The monoisotopic (exact) mass is 368 g/mol. The summed E-state index contributed by atoms with van der Waals surface area (Å²) in [6, 6.07) is 3.53. The Morgan fingerprint density at radius 1 is 1.41 bits per heavy atom.